The molecule has 0 amide bonds. The van der Waals surface area contributed by atoms with E-state index in [1.54, 1.807) is 7.05 Å². The molecule has 1 saturated carbocycles. The van der Waals surface area contributed by atoms with Crippen LogP contribution in [-0.2, 0) is 11.0 Å². The lowest BCUT2D eigenvalue weighted by Gasteiger charge is -2.26. The van der Waals surface area contributed by atoms with Gasteiger partial charge in [0.1, 0.15) is 22.5 Å². The van der Waals surface area contributed by atoms with Gasteiger partial charge in [-0.1, -0.05) is 12.5 Å². The second kappa shape index (κ2) is 9.09. The van der Waals surface area contributed by atoms with Crippen LogP contribution in [0.3, 0.4) is 0 Å². The molecule has 2 aromatic rings. The van der Waals surface area contributed by atoms with Gasteiger partial charge in [0.05, 0.1) is 30.8 Å². The SMILES string of the molecule is CN1C(N)=NC(c2cc(/C=C(\F)c3cnc(OCC4CCC4)cn3)ccc2F)CS1=O. The molecule has 1 aromatic carbocycles. The Kier molecular flexibility index (Phi) is 6.26. The standard InChI is InChI=1S/C21H23F2N5O2S/c1-28-21(24)27-19(12-31(28)29)15-7-14(5-6-16(15)22)8-17(23)18-9-26-20(10-25-18)30-11-13-3-2-4-13/h5-10,13,19H,2-4,11-12H2,1H3,(H2,24,27)/b17-8-. The number of benzene rings is 1. The second-order valence-electron chi connectivity index (χ2n) is 7.61. The summed E-state index contributed by atoms with van der Waals surface area (Å²) >= 11 is 0. The third-order valence-electron chi connectivity index (χ3n) is 5.45. The molecule has 0 bridgehead atoms. The summed E-state index contributed by atoms with van der Waals surface area (Å²) in [4.78, 5) is 12.4. The normalized spacial score (nSPS) is 22.1. The number of guanidine groups is 1. The van der Waals surface area contributed by atoms with Gasteiger partial charge in [0.15, 0.2) is 5.83 Å². The van der Waals surface area contributed by atoms with Crippen molar-refractivity contribution >= 4 is 28.8 Å². The lowest BCUT2D eigenvalue weighted by atomic mass is 9.86. The first-order valence-electron chi connectivity index (χ1n) is 9.98. The maximum absolute atomic E-state index is 14.7. The molecular formula is C21H23F2N5O2S. The lowest BCUT2D eigenvalue weighted by molar-refractivity contribution is 0.175. The maximum Gasteiger partial charge on any atom is 0.232 e. The molecule has 2 N–H and O–H groups in total. The van der Waals surface area contributed by atoms with Crippen molar-refractivity contribution in [1.82, 2.24) is 14.3 Å². The average Bonchev–Trinajstić information content (AvgIpc) is 2.72. The van der Waals surface area contributed by atoms with Gasteiger partial charge in [-0.3, -0.25) is 4.31 Å². The molecule has 1 aromatic heterocycles. The van der Waals surface area contributed by atoms with Crippen molar-refractivity contribution in [3.05, 3.63) is 53.2 Å². The Morgan fingerprint density at radius 1 is 1.35 bits per heavy atom. The zero-order valence-electron chi connectivity index (χ0n) is 17.0. The van der Waals surface area contributed by atoms with E-state index >= 15 is 0 Å². The number of nitrogens with zero attached hydrogens (tertiary/aromatic N) is 4. The van der Waals surface area contributed by atoms with E-state index in [0.717, 1.165) is 12.8 Å². The highest BCUT2D eigenvalue weighted by atomic mass is 32.2. The summed E-state index contributed by atoms with van der Waals surface area (Å²) in [6.07, 6.45) is 7.48. The van der Waals surface area contributed by atoms with Crippen LogP contribution in [0.5, 0.6) is 5.88 Å². The number of aliphatic imine (C=N–C) groups is 1. The molecule has 2 unspecified atom stereocenters. The van der Waals surface area contributed by atoms with Crippen LogP contribution in [0.15, 0.2) is 35.6 Å². The summed E-state index contributed by atoms with van der Waals surface area (Å²) in [5.74, 6) is -0.0573. The van der Waals surface area contributed by atoms with Crippen molar-refractivity contribution in [3.63, 3.8) is 0 Å². The largest absolute Gasteiger partial charge is 0.476 e. The molecule has 0 spiro atoms. The van der Waals surface area contributed by atoms with Crippen molar-refractivity contribution in [1.29, 1.82) is 0 Å². The molecule has 1 fully saturated rings. The molecule has 10 heteroatoms. The summed E-state index contributed by atoms with van der Waals surface area (Å²) in [5.41, 5.74) is 6.43. The fraction of sp³-hybridized carbons (Fsp3) is 0.381. The first-order chi connectivity index (χ1) is 14.9. The molecule has 1 aliphatic carbocycles. The summed E-state index contributed by atoms with van der Waals surface area (Å²) in [6, 6.07) is 3.44. The van der Waals surface area contributed by atoms with Crippen LogP contribution in [0.2, 0.25) is 0 Å². The lowest BCUT2D eigenvalue weighted by Crippen LogP contribution is -2.41. The van der Waals surface area contributed by atoms with Crippen molar-refractivity contribution in [3.8, 4) is 5.88 Å². The summed E-state index contributed by atoms with van der Waals surface area (Å²) in [6.45, 7) is 0.597. The van der Waals surface area contributed by atoms with Crippen molar-refractivity contribution in [2.24, 2.45) is 16.6 Å². The van der Waals surface area contributed by atoms with Gasteiger partial charge in [-0.15, -0.1) is 0 Å². The minimum atomic E-state index is -1.41. The van der Waals surface area contributed by atoms with E-state index in [0.29, 0.717) is 24.0 Å². The van der Waals surface area contributed by atoms with Crippen LogP contribution in [-0.4, -0.2) is 43.8 Å². The molecular weight excluding hydrogens is 424 g/mol. The van der Waals surface area contributed by atoms with E-state index in [2.05, 4.69) is 15.0 Å². The topological polar surface area (TPSA) is 93.7 Å². The molecule has 2 atom stereocenters. The smallest absolute Gasteiger partial charge is 0.232 e. The third-order valence-corrected chi connectivity index (χ3v) is 6.85. The molecule has 31 heavy (non-hydrogen) atoms. The van der Waals surface area contributed by atoms with Gasteiger partial charge in [0, 0.05) is 12.6 Å². The van der Waals surface area contributed by atoms with Gasteiger partial charge in [-0.2, -0.15) is 0 Å². The number of nitrogens with two attached hydrogens (primary N) is 1. The van der Waals surface area contributed by atoms with E-state index in [4.69, 9.17) is 10.5 Å². The Hall–Kier alpha value is -2.88. The van der Waals surface area contributed by atoms with Gasteiger partial charge in [0.2, 0.25) is 11.8 Å². The molecule has 0 saturated heterocycles. The Bertz CT molecular complexity index is 1040. The summed E-state index contributed by atoms with van der Waals surface area (Å²) in [7, 11) is 0.142. The summed E-state index contributed by atoms with van der Waals surface area (Å²) in [5, 5.41) is 0. The zero-order chi connectivity index (χ0) is 22.0. The first kappa shape index (κ1) is 21.4. The van der Waals surface area contributed by atoms with E-state index < -0.39 is 28.7 Å². The van der Waals surface area contributed by atoms with E-state index in [9.17, 15) is 13.0 Å². The fourth-order valence-electron chi connectivity index (χ4n) is 3.29. The quantitative estimate of drug-likeness (QED) is 0.734. The fourth-order valence-corrected chi connectivity index (χ4v) is 4.30. The van der Waals surface area contributed by atoms with Crippen LogP contribution in [0.25, 0.3) is 11.9 Å². The molecule has 0 radical (unpaired) electrons. The van der Waals surface area contributed by atoms with Crippen molar-refractivity contribution < 1.29 is 17.7 Å². The molecule has 164 valence electrons. The van der Waals surface area contributed by atoms with Crippen molar-refractivity contribution in [2.75, 3.05) is 19.4 Å². The van der Waals surface area contributed by atoms with Gasteiger partial charge in [-0.25, -0.2) is 28.0 Å². The second-order valence-corrected chi connectivity index (χ2v) is 9.13. The van der Waals surface area contributed by atoms with Gasteiger partial charge < -0.3 is 10.5 Å². The molecule has 2 heterocycles. The Labute approximate surface area is 181 Å². The monoisotopic (exact) mass is 447 g/mol. The summed E-state index contributed by atoms with van der Waals surface area (Å²) < 4.78 is 48.1. The van der Waals surface area contributed by atoms with Crippen LogP contribution in [0.1, 0.15) is 42.1 Å². The van der Waals surface area contributed by atoms with Crippen molar-refractivity contribution in [2.45, 2.75) is 25.3 Å². The van der Waals surface area contributed by atoms with Crippen LogP contribution < -0.4 is 10.5 Å². The third kappa shape index (κ3) is 4.90. The van der Waals surface area contributed by atoms with Crippen LogP contribution in [0, 0.1) is 11.7 Å². The molecule has 1 aliphatic heterocycles. The Balaban J connectivity index is 1.50. The van der Waals surface area contributed by atoms with Crippen LogP contribution >= 0.6 is 0 Å². The zero-order valence-corrected chi connectivity index (χ0v) is 17.8. The number of hydrogen-bond donors (Lipinski definition) is 1. The number of hydrogen-bond acceptors (Lipinski definition) is 6. The maximum atomic E-state index is 14.7. The van der Waals surface area contributed by atoms with E-state index in [-0.39, 0.29) is 23.0 Å². The molecule has 7 nitrogen and oxygen atoms in total. The highest BCUT2D eigenvalue weighted by Gasteiger charge is 2.27. The van der Waals surface area contributed by atoms with Crippen LogP contribution in [0.4, 0.5) is 8.78 Å². The minimum Gasteiger partial charge on any atom is -0.476 e. The average molecular weight is 448 g/mol. The number of aromatic nitrogens is 2. The predicted molar refractivity (Wildman–Crippen MR) is 115 cm³/mol. The highest BCUT2D eigenvalue weighted by molar-refractivity contribution is 7.83. The van der Waals surface area contributed by atoms with E-state index in [1.165, 1.54) is 47.4 Å². The molecule has 4 rings (SSSR count). The van der Waals surface area contributed by atoms with Gasteiger partial charge >= 0.3 is 0 Å². The molecule has 2 aliphatic rings. The highest BCUT2D eigenvalue weighted by Crippen LogP contribution is 2.29. The number of halogens is 2. The van der Waals surface area contributed by atoms with Gasteiger partial charge in [0.25, 0.3) is 0 Å². The minimum absolute atomic E-state index is 0.0459. The first-order valence-corrected chi connectivity index (χ1v) is 11.3. The Morgan fingerprint density at radius 2 is 2.16 bits per heavy atom. The van der Waals surface area contributed by atoms with Gasteiger partial charge in [-0.05, 0) is 42.5 Å². The number of ether oxygens (including phenoxy) is 1. The Morgan fingerprint density at radius 3 is 2.81 bits per heavy atom. The van der Waals surface area contributed by atoms with E-state index in [1.807, 2.05) is 0 Å². The number of rotatable bonds is 6. The predicted octanol–water partition coefficient (Wildman–Crippen LogP) is 3.23.